The van der Waals surface area contributed by atoms with Crippen LogP contribution in [0.25, 0.3) is 0 Å². The molecule has 0 aromatic rings. The number of amides is 1. The normalized spacial score (nSPS) is 23.7. The van der Waals surface area contributed by atoms with Crippen LogP contribution in [0.5, 0.6) is 0 Å². The van der Waals surface area contributed by atoms with Crippen LogP contribution in [0.2, 0.25) is 0 Å². The summed E-state index contributed by atoms with van der Waals surface area (Å²) in [6.07, 6.45) is 4.92. The van der Waals surface area contributed by atoms with Crippen molar-refractivity contribution >= 4 is 5.91 Å². The Labute approximate surface area is 92.0 Å². The standard InChI is InChI=1S/C12H22N2O/c1-8(11(15)13-10-6-7-10)14-12(2,3)9-4-5-9/h8-10,14H,4-7H2,1-3H3,(H,13,15). The van der Waals surface area contributed by atoms with Gasteiger partial charge in [-0.15, -0.1) is 0 Å². The molecule has 1 atom stereocenters. The Kier molecular flexibility index (Phi) is 2.75. The molecular weight excluding hydrogens is 188 g/mol. The van der Waals surface area contributed by atoms with Gasteiger partial charge >= 0.3 is 0 Å². The second-order valence-corrected chi connectivity index (χ2v) is 5.64. The van der Waals surface area contributed by atoms with E-state index in [2.05, 4.69) is 24.5 Å². The van der Waals surface area contributed by atoms with E-state index in [9.17, 15) is 4.79 Å². The molecule has 0 aliphatic heterocycles. The van der Waals surface area contributed by atoms with Gasteiger partial charge < -0.3 is 10.6 Å². The van der Waals surface area contributed by atoms with Crippen LogP contribution in [0.4, 0.5) is 0 Å². The molecule has 0 radical (unpaired) electrons. The number of carbonyl (C=O) groups is 1. The number of hydrogen-bond acceptors (Lipinski definition) is 2. The van der Waals surface area contributed by atoms with Gasteiger partial charge in [-0.25, -0.2) is 0 Å². The van der Waals surface area contributed by atoms with Gasteiger partial charge in [-0.1, -0.05) is 0 Å². The third kappa shape index (κ3) is 2.94. The van der Waals surface area contributed by atoms with Crippen LogP contribution in [0.15, 0.2) is 0 Å². The first-order valence-electron chi connectivity index (χ1n) is 6.07. The number of carbonyl (C=O) groups excluding carboxylic acids is 1. The molecule has 2 fully saturated rings. The predicted octanol–water partition coefficient (Wildman–Crippen LogP) is 1.43. The van der Waals surface area contributed by atoms with Crippen molar-refractivity contribution in [2.75, 3.05) is 0 Å². The lowest BCUT2D eigenvalue weighted by atomic mass is 9.97. The summed E-state index contributed by atoms with van der Waals surface area (Å²) in [6.45, 7) is 6.36. The molecule has 1 amide bonds. The maximum absolute atomic E-state index is 11.7. The maximum atomic E-state index is 11.7. The summed E-state index contributed by atoms with van der Waals surface area (Å²) in [5, 5.41) is 6.47. The second kappa shape index (κ2) is 3.78. The molecule has 0 spiro atoms. The lowest BCUT2D eigenvalue weighted by molar-refractivity contribution is -0.123. The van der Waals surface area contributed by atoms with Crippen LogP contribution in [0, 0.1) is 5.92 Å². The Hall–Kier alpha value is -0.570. The van der Waals surface area contributed by atoms with E-state index in [-0.39, 0.29) is 17.5 Å². The molecule has 0 saturated heterocycles. The van der Waals surface area contributed by atoms with Crippen LogP contribution in [-0.4, -0.2) is 23.5 Å². The molecule has 0 bridgehead atoms. The van der Waals surface area contributed by atoms with Gasteiger partial charge in [0.05, 0.1) is 6.04 Å². The first-order chi connectivity index (χ1) is 6.99. The van der Waals surface area contributed by atoms with Crippen molar-refractivity contribution in [2.24, 2.45) is 5.92 Å². The third-order valence-corrected chi connectivity index (χ3v) is 3.50. The molecule has 1 unspecified atom stereocenters. The van der Waals surface area contributed by atoms with Crippen molar-refractivity contribution in [3.8, 4) is 0 Å². The molecule has 2 rings (SSSR count). The van der Waals surface area contributed by atoms with Crippen LogP contribution in [0.3, 0.4) is 0 Å². The minimum absolute atomic E-state index is 0.0683. The Bertz CT molecular complexity index is 254. The highest BCUT2D eigenvalue weighted by Gasteiger charge is 2.39. The average molecular weight is 210 g/mol. The zero-order valence-electron chi connectivity index (χ0n) is 9.97. The number of rotatable bonds is 5. The largest absolute Gasteiger partial charge is 0.352 e. The Morgan fingerprint density at radius 2 is 1.87 bits per heavy atom. The van der Waals surface area contributed by atoms with Crippen LogP contribution < -0.4 is 10.6 Å². The van der Waals surface area contributed by atoms with Crippen molar-refractivity contribution in [2.45, 2.75) is 64.1 Å². The summed E-state index contributed by atoms with van der Waals surface area (Å²) < 4.78 is 0. The van der Waals surface area contributed by atoms with Crippen LogP contribution in [0.1, 0.15) is 46.5 Å². The fourth-order valence-corrected chi connectivity index (χ4v) is 2.10. The van der Waals surface area contributed by atoms with Gasteiger partial charge in [0, 0.05) is 11.6 Å². The first kappa shape index (κ1) is 10.9. The highest BCUT2D eigenvalue weighted by atomic mass is 16.2. The summed E-state index contributed by atoms with van der Waals surface area (Å²) in [5.41, 5.74) is 0.111. The topological polar surface area (TPSA) is 41.1 Å². The van der Waals surface area contributed by atoms with E-state index in [4.69, 9.17) is 0 Å². The molecule has 2 N–H and O–H groups in total. The van der Waals surface area contributed by atoms with E-state index >= 15 is 0 Å². The minimum atomic E-state index is -0.0683. The van der Waals surface area contributed by atoms with Gasteiger partial charge in [-0.3, -0.25) is 4.79 Å². The van der Waals surface area contributed by atoms with Gasteiger partial charge in [0.1, 0.15) is 0 Å². The summed E-state index contributed by atoms with van der Waals surface area (Å²) in [7, 11) is 0. The third-order valence-electron chi connectivity index (χ3n) is 3.50. The Morgan fingerprint density at radius 1 is 1.27 bits per heavy atom. The highest BCUT2D eigenvalue weighted by Crippen LogP contribution is 2.39. The van der Waals surface area contributed by atoms with Gasteiger partial charge in [0.2, 0.25) is 5.91 Å². The van der Waals surface area contributed by atoms with Gasteiger partial charge in [-0.05, 0) is 52.4 Å². The smallest absolute Gasteiger partial charge is 0.237 e. The maximum Gasteiger partial charge on any atom is 0.237 e. The van der Waals surface area contributed by atoms with Crippen molar-refractivity contribution in [1.82, 2.24) is 10.6 Å². The van der Waals surface area contributed by atoms with Crippen molar-refractivity contribution in [1.29, 1.82) is 0 Å². The SMILES string of the molecule is CC(NC(C)(C)C1CC1)C(=O)NC1CC1. The van der Waals surface area contributed by atoms with E-state index in [0.717, 1.165) is 18.8 Å². The monoisotopic (exact) mass is 210 g/mol. The number of nitrogens with one attached hydrogen (secondary N) is 2. The van der Waals surface area contributed by atoms with Crippen LogP contribution in [-0.2, 0) is 4.79 Å². The highest BCUT2D eigenvalue weighted by molar-refractivity contribution is 5.81. The van der Waals surface area contributed by atoms with E-state index < -0.39 is 0 Å². The Balaban J connectivity index is 1.78. The molecule has 0 aromatic heterocycles. The van der Waals surface area contributed by atoms with E-state index in [1.165, 1.54) is 12.8 Å². The van der Waals surface area contributed by atoms with Gasteiger partial charge in [0.15, 0.2) is 0 Å². The lowest BCUT2D eigenvalue weighted by Crippen LogP contribution is -2.52. The average Bonchev–Trinajstić information content (AvgIpc) is 2.98. The lowest BCUT2D eigenvalue weighted by Gasteiger charge is -2.29. The molecule has 2 aliphatic rings. The zero-order chi connectivity index (χ0) is 11.1. The van der Waals surface area contributed by atoms with Gasteiger partial charge in [-0.2, -0.15) is 0 Å². The summed E-state index contributed by atoms with van der Waals surface area (Å²) in [5.74, 6) is 0.917. The predicted molar refractivity (Wildman–Crippen MR) is 60.6 cm³/mol. The van der Waals surface area contributed by atoms with Crippen molar-refractivity contribution in [3.05, 3.63) is 0 Å². The molecule has 86 valence electrons. The minimum Gasteiger partial charge on any atom is -0.352 e. The zero-order valence-corrected chi connectivity index (χ0v) is 9.97. The Morgan fingerprint density at radius 3 is 2.33 bits per heavy atom. The summed E-state index contributed by atoms with van der Waals surface area (Å²) >= 11 is 0. The van der Waals surface area contributed by atoms with Crippen molar-refractivity contribution in [3.63, 3.8) is 0 Å². The van der Waals surface area contributed by atoms with E-state index in [0.29, 0.717) is 6.04 Å². The quantitative estimate of drug-likeness (QED) is 0.721. The molecule has 2 aliphatic carbocycles. The summed E-state index contributed by atoms with van der Waals surface area (Å²) in [4.78, 5) is 11.7. The van der Waals surface area contributed by atoms with Crippen molar-refractivity contribution < 1.29 is 4.79 Å². The number of hydrogen-bond donors (Lipinski definition) is 2. The fraction of sp³-hybridized carbons (Fsp3) is 0.917. The van der Waals surface area contributed by atoms with Gasteiger partial charge in [0.25, 0.3) is 0 Å². The molecular formula is C12H22N2O. The summed E-state index contributed by atoms with van der Waals surface area (Å²) in [6, 6.07) is 0.395. The van der Waals surface area contributed by atoms with E-state index in [1.807, 2.05) is 6.92 Å². The molecule has 3 nitrogen and oxygen atoms in total. The molecule has 15 heavy (non-hydrogen) atoms. The second-order valence-electron chi connectivity index (χ2n) is 5.64. The van der Waals surface area contributed by atoms with Crippen LogP contribution >= 0.6 is 0 Å². The van der Waals surface area contributed by atoms with E-state index in [1.54, 1.807) is 0 Å². The molecule has 0 heterocycles. The fourth-order valence-electron chi connectivity index (χ4n) is 2.10. The molecule has 0 aromatic carbocycles. The molecule has 3 heteroatoms. The molecule has 2 saturated carbocycles. The first-order valence-corrected chi connectivity index (χ1v) is 6.07.